The van der Waals surface area contributed by atoms with E-state index in [1.807, 2.05) is 19.1 Å². The van der Waals surface area contributed by atoms with E-state index in [9.17, 15) is 0 Å². The molecule has 2 N–H and O–H groups in total. The van der Waals surface area contributed by atoms with Gasteiger partial charge in [0.05, 0.1) is 19.7 Å². The summed E-state index contributed by atoms with van der Waals surface area (Å²) in [6.07, 6.45) is 0. The number of fused-ring (bicyclic) bond motifs is 1. The van der Waals surface area contributed by atoms with Gasteiger partial charge in [-0.3, -0.25) is 4.98 Å². The van der Waals surface area contributed by atoms with Gasteiger partial charge in [0, 0.05) is 22.8 Å². The first-order valence-electron chi connectivity index (χ1n) is 6.31. The van der Waals surface area contributed by atoms with Crippen molar-refractivity contribution in [2.45, 2.75) is 26.7 Å². The van der Waals surface area contributed by atoms with Gasteiger partial charge in [-0.05, 0) is 24.5 Å². The van der Waals surface area contributed by atoms with E-state index < -0.39 is 0 Å². The van der Waals surface area contributed by atoms with Crippen molar-refractivity contribution in [3.05, 3.63) is 23.4 Å². The lowest BCUT2D eigenvalue weighted by Gasteiger charge is -2.16. The zero-order valence-electron chi connectivity index (χ0n) is 12.1. The molecule has 1 aromatic carbocycles. The maximum absolute atomic E-state index is 6.30. The summed E-state index contributed by atoms with van der Waals surface area (Å²) in [5.74, 6) is 1.67. The maximum atomic E-state index is 6.30. The Balaban J connectivity index is 2.82. The molecule has 2 aromatic rings. The van der Waals surface area contributed by atoms with Crippen molar-refractivity contribution in [1.29, 1.82) is 0 Å². The van der Waals surface area contributed by atoms with E-state index in [2.05, 4.69) is 18.8 Å². The molecule has 1 heterocycles. The van der Waals surface area contributed by atoms with Gasteiger partial charge >= 0.3 is 0 Å². The first-order chi connectivity index (χ1) is 8.99. The van der Waals surface area contributed by atoms with Crippen molar-refractivity contribution in [2.75, 3.05) is 20.0 Å². The first-order valence-corrected chi connectivity index (χ1v) is 6.31. The second kappa shape index (κ2) is 4.96. The number of nitrogen functional groups attached to an aromatic ring is 1. The Morgan fingerprint density at radius 1 is 1.11 bits per heavy atom. The number of nitrogens with zero attached hydrogens (tertiary/aromatic N) is 1. The van der Waals surface area contributed by atoms with Gasteiger partial charge in [-0.2, -0.15) is 0 Å². The molecule has 0 spiro atoms. The van der Waals surface area contributed by atoms with E-state index in [-0.39, 0.29) is 0 Å². The molecule has 0 aliphatic heterocycles. The number of hydrogen-bond acceptors (Lipinski definition) is 4. The van der Waals surface area contributed by atoms with Gasteiger partial charge in [0.2, 0.25) is 0 Å². The van der Waals surface area contributed by atoms with Crippen LogP contribution in [0.2, 0.25) is 0 Å². The monoisotopic (exact) mass is 260 g/mol. The summed E-state index contributed by atoms with van der Waals surface area (Å²) >= 11 is 0. The number of ether oxygens (including phenoxy) is 2. The van der Waals surface area contributed by atoms with Crippen LogP contribution in [0.25, 0.3) is 10.9 Å². The maximum Gasteiger partial charge on any atom is 0.162 e. The highest BCUT2D eigenvalue weighted by Gasteiger charge is 2.15. The minimum atomic E-state index is 0.338. The van der Waals surface area contributed by atoms with Crippen LogP contribution < -0.4 is 15.2 Å². The van der Waals surface area contributed by atoms with Gasteiger partial charge in [0.15, 0.2) is 11.5 Å². The summed E-state index contributed by atoms with van der Waals surface area (Å²) in [5.41, 5.74) is 9.97. The molecule has 0 atom stereocenters. The van der Waals surface area contributed by atoms with Crippen LogP contribution in [0.4, 0.5) is 5.69 Å². The fraction of sp³-hybridized carbons (Fsp3) is 0.400. The van der Waals surface area contributed by atoms with Crippen LogP contribution in [0.1, 0.15) is 31.0 Å². The molecule has 4 heteroatoms. The highest BCUT2D eigenvalue weighted by atomic mass is 16.5. The minimum Gasteiger partial charge on any atom is -0.493 e. The molecule has 4 nitrogen and oxygen atoms in total. The smallest absolute Gasteiger partial charge is 0.162 e. The predicted octanol–water partition coefficient (Wildman–Crippen LogP) is 3.27. The predicted molar refractivity (Wildman–Crippen MR) is 78.1 cm³/mol. The van der Waals surface area contributed by atoms with Crippen LogP contribution in [-0.2, 0) is 0 Å². The molecule has 0 bridgehead atoms. The van der Waals surface area contributed by atoms with Gasteiger partial charge < -0.3 is 15.2 Å². The van der Waals surface area contributed by atoms with Crippen molar-refractivity contribution >= 4 is 16.6 Å². The minimum absolute atomic E-state index is 0.338. The zero-order chi connectivity index (χ0) is 14.2. The first kappa shape index (κ1) is 13.5. The van der Waals surface area contributed by atoms with Crippen LogP contribution in [0.3, 0.4) is 0 Å². The lowest BCUT2D eigenvalue weighted by Crippen LogP contribution is -2.04. The number of methoxy groups -OCH3 is 2. The number of hydrogen-bond donors (Lipinski definition) is 1. The average molecular weight is 260 g/mol. The average Bonchev–Trinajstić information content (AvgIpc) is 2.36. The summed E-state index contributed by atoms with van der Waals surface area (Å²) in [7, 11) is 3.23. The third kappa shape index (κ3) is 2.18. The Morgan fingerprint density at radius 3 is 2.21 bits per heavy atom. The van der Waals surface area contributed by atoms with Gasteiger partial charge in [0.1, 0.15) is 0 Å². The summed E-state index contributed by atoms with van der Waals surface area (Å²) in [5, 5.41) is 0.909. The molecule has 0 aliphatic rings. The van der Waals surface area contributed by atoms with Crippen LogP contribution in [0.5, 0.6) is 11.5 Å². The molecule has 0 amide bonds. The van der Waals surface area contributed by atoms with Crippen molar-refractivity contribution in [2.24, 2.45) is 0 Å². The normalized spacial score (nSPS) is 11.1. The number of rotatable bonds is 3. The highest BCUT2D eigenvalue weighted by Crippen LogP contribution is 2.37. The van der Waals surface area contributed by atoms with Gasteiger partial charge in [0.25, 0.3) is 0 Å². The summed E-state index contributed by atoms with van der Waals surface area (Å²) in [6.45, 7) is 6.22. The lowest BCUT2D eigenvalue weighted by atomic mass is 9.97. The summed E-state index contributed by atoms with van der Waals surface area (Å²) in [4.78, 5) is 4.63. The number of pyridine rings is 1. The second-order valence-electron chi connectivity index (χ2n) is 4.90. The summed E-state index contributed by atoms with van der Waals surface area (Å²) in [6, 6.07) is 3.75. The molecule has 2 rings (SSSR count). The van der Waals surface area contributed by atoms with Crippen molar-refractivity contribution < 1.29 is 9.47 Å². The van der Waals surface area contributed by atoms with Crippen LogP contribution in [-0.4, -0.2) is 19.2 Å². The van der Waals surface area contributed by atoms with Gasteiger partial charge in [-0.1, -0.05) is 13.8 Å². The Kier molecular flexibility index (Phi) is 3.51. The Hall–Kier alpha value is -1.97. The van der Waals surface area contributed by atoms with E-state index in [0.717, 1.165) is 27.8 Å². The third-order valence-electron chi connectivity index (χ3n) is 3.34. The fourth-order valence-electron chi connectivity index (χ4n) is 2.49. The van der Waals surface area contributed by atoms with E-state index >= 15 is 0 Å². The molecule has 1 aromatic heterocycles. The quantitative estimate of drug-likeness (QED) is 0.920. The standard InChI is InChI=1S/C15H20N2O2/c1-8(2)14-9(3)17-11-7-13(19-5)12(18-4)6-10(11)15(14)16/h6-8H,1-5H3,(H2,16,17). The molecule has 0 fully saturated rings. The molecule has 102 valence electrons. The van der Waals surface area contributed by atoms with Crippen molar-refractivity contribution in [3.8, 4) is 11.5 Å². The zero-order valence-corrected chi connectivity index (χ0v) is 12.1. The Labute approximate surface area is 113 Å². The summed E-state index contributed by atoms with van der Waals surface area (Å²) < 4.78 is 10.6. The third-order valence-corrected chi connectivity index (χ3v) is 3.34. The van der Waals surface area contributed by atoms with Crippen LogP contribution in [0, 0.1) is 6.92 Å². The lowest BCUT2D eigenvalue weighted by molar-refractivity contribution is 0.356. The number of nitrogens with two attached hydrogens (primary N) is 1. The Morgan fingerprint density at radius 2 is 1.68 bits per heavy atom. The number of aryl methyl sites for hydroxylation is 1. The molecule has 0 unspecified atom stereocenters. The van der Waals surface area contributed by atoms with Crippen LogP contribution >= 0.6 is 0 Å². The largest absolute Gasteiger partial charge is 0.493 e. The van der Waals surface area contributed by atoms with Gasteiger partial charge in [-0.25, -0.2) is 0 Å². The number of anilines is 1. The molecule has 0 radical (unpaired) electrons. The molecule has 0 saturated carbocycles. The molecular formula is C15H20N2O2. The Bertz CT molecular complexity index is 621. The molecule has 0 saturated heterocycles. The van der Waals surface area contributed by atoms with Gasteiger partial charge in [-0.15, -0.1) is 0 Å². The molecule has 0 aliphatic carbocycles. The highest BCUT2D eigenvalue weighted by molar-refractivity contribution is 5.94. The fourth-order valence-corrected chi connectivity index (χ4v) is 2.49. The molecular weight excluding hydrogens is 240 g/mol. The topological polar surface area (TPSA) is 57.4 Å². The molecule has 19 heavy (non-hydrogen) atoms. The van der Waals surface area contributed by atoms with E-state index in [4.69, 9.17) is 15.2 Å². The van der Waals surface area contributed by atoms with E-state index in [1.165, 1.54) is 0 Å². The number of aromatic nitrogens is 1. The van der Waals surface area contributed by atoms with Crippen molar-refractivity contribution in [1.82, 2.24) is 4.98 Å². The number of benzene rings is 1. The SMILES string of the molecule is COc1cc2nc(C)c(C(C)C)c(N)c2cc1OC. The van der Waals surface area contributed by atoms with E-state index in [1.54, 1.807) is 14.2 Å². The second-order valence-corrected chi connectivity index (χ2v) is 4.90. The van der Waals surface area contributed by atoms with Crippen molar-refractivity contribution in [3.63, 3.8) is 0 Å². The van der Waals surface area contributed by atoms with E-state index in [0.29, 0.717) is 17.4 Å². The van der Waals surface area contributed by atoms with Crippen LogP contribution in [0.15, 0.2) is 12.1 Å².